The Bertz CT molecular complexity index is 3030. The molecule has 10 rings (SSSR count). The highest BCUT2D eigenvalue weighted by Gasteiger charge is 2.40. The Morgan fingerprint density at radius 2 is 1.35 bits per heavy atom. The van der Waals surface area contributed by atoms with Crippen molar-refractivity contribution < 1.29 is 42.5 Å². The van der Waals surface area contributed by atoms with Gasteiger partial charge in [-0.3, -0.25) is 9.59 Å². The summed E-state index contributed by atoms with van der Waals surface area (Å²) in [6, 6.07) is 15.3. The number of carbonyl (C=O) groups is 4. The Morgan fingerprint density at radius 1 is 0.746 bits per heavy atom. The van der Waals surface area contributed by atoms with E-state index in [0.717, 1.165) is 58.3 Å². The fourth-order valence-electron chi connectivity index (χ4n) is 10.7. The van der Waals surface area contributed by atoms with Crippen molar-refractivity contribution in [2.24, 2.45) is 11.8 Å². The van der Waals surface area contributed by atoms with Crippen molar-refractivity contribution in [2.45, 2.75) is 103 Å². The third-order valence-electron chi connectivity index (χ3n) is 14.6. The predicted octanol–water partition coefficient (Wildman–Crippen LogP) is 9.14. The van der Waals surface area contributed by atoms with E-state index in [4.69, 9.17) is 28.9 Å². The molecule has 1 unspecified atom stereocenters. The fourth-order valence-corrected chi connectivity index (χ4v) is 10.7. The van der Waals surface area contributed by atoms with Gasteiger partial charge in [-0.1, -0.05) is 52.8 Å². The van der Waals surface area contributed by atoms with Crippen molar-refractivity contribution in [2.75, 3.05) is 33.9 Å². The molecule has 18 heteroatoms. The second kappa shape index (κ2) is 19.1. The maximum absolute atomic E-state index is 17.0. The van der Waals surface area contributed by atoms with Crippen LogP contribution in [0.1, 0.15) is 114 Å². The molecule has 7 heterocycles. The van der Waals surface area contributed by atoms with Gasteiger partial charge in [-0.05, 0) is 91.8 Å². The van der Waals surface area contributed by atoms with E-state index in [1.807, 2.05) is 68.7 Å². The van der Waals surface area contributed by atoms with Gasteiger partial charge in [0.05, 0.1) is 73.5 Å². The Morgan fingerprint density at radius 3 is 1.94 bits per heavy atom. The molecule has 0 saturated carbocycles. The van der Waals surface area contributed by atoms with Gasteiger partial charge in [0.15, 0.2) is 0 Å². The molecule has 6 atom stereocenters. The van der Waals surface area contributed by atoms with Crippen LogP contribution in [0, 0.1) is 17.7 Å². The van der Waals surface area contributed by atoms with E-state index >= 15 is 4.39 Å². The number of alkyl carbamates (subject to hydrolysis) is 2. The number of ether oxygens (including phenoxy) is 4. The number of methoxy groups -OCH3 is 2. The number of fused-ring (bicyclic) bond motifs is 6. The van der Waals surface area contributed by atoms with Gasteiger partial charge < -0.3 is 53.9 Å². The maximum atomic E-state index is 17.0. The predicted molar refractivity (Wildman–Crippen MR) is 262 cm³/mol. The first-order chi connectivity index (χ1) is 34.2. The van der Waals surface area contributed by atoms with E-state index in [2.05, 4.69) is 39.7 Å². The number of rotatable bonds is 11. The van der Waals surface area contributed by atoms with Gasteiger partial charge in [-0.2, -0.15) is 0 Å². The van der Waals surface area contributed by atoms with E-state index in [9.17, 15) is 19.2 Å². The summed E-state index contributed by atoms with van der Waals surface area (Å²) in [5.41, 5.74) is 6.43. The molecule has 2 saturated heterocycles. The molecule has 4 N–H and O–H groups in total. The number of benzene rings is 3. The monoisotopic (exact) mass is 969 g/mol. The molecule has 3 aromatic carbocycles. The minimum absolute atomic E-state index is 0.159. The zero-order valence-electron chi connectivity index (χ0n) is 41.0. The lowest BCUT2D eigenvalue weighted by Crippen LogP contribution is -2.51. The van der Waals surface area contributed by atoms with Crippen molar-refractivity contribution >= 4 is 34.9 Å². The van der Waals surface area contributed by atoms with Gasteiger partial charge in [-0.15, -0.1) is 0 Å². The maximum Gasteiger partial charge on any atom is 0.407 e. The van der Waals surface area contributed by atoms with Gasteiger partial charge in [0.1, 0.15) is 41.0 Å². The number of H-pyrrole nitrogens is 2. The summed E-state index contributed by atoms with van der Waals surface area (Å²) < 4.78 is 41.8. The quantitative estimate of drug-likeness (QED) is 0.0972. The van der Waals surface area contributed by atoms with Crippen LogP contribution in [-0.4, -0.2) is 104 Å². The Balaban J connectivity index is 0.987. The van der Waals surface area contributed by atoms with Gasteiger partial charge >= 0.3 is 12.2 Å². The summed E-state index contributed by atoms with van der Waals surface area (Å²) >= 11 is 0. The average molecular weight is 970 g/mol. The molecule has 0 bridgehead atoms. The minimum atomic E-state index is -0.780. The van der Waals surface area contributed by atoms with Crippen LogP contribution in [0.15, 0.2) is 67.0 Å². The summed E-state index contributed by atoms with van der Waals surface area (Å²) in [6.45, 7) is 11.3. The highest BCUT2D eigenvalue weighted by Crippen LogP contribution is 2.48. The van der Waals surface area contributed by atoms with E-state index in [0.29, 0.717) is 78.4 Å². The van der Waals surface area contributed by atoms with E-state index in [1.54, 1.807) is 22.2 Å². The number of hydrogen-bond acceptors (Lipinski definition) is 10. The number of hydrogen-bond donors (Lipinski definition) is 4. The highest BCUT2D eigenvalue weighted by atomic mass is 19.1. The molecular formula is C53H60FN9O8. The molecule has 0 aliphatic carbocycles. The number of nitrogens with one attached hydrogen (secondary N) is 4. The fraction of sp³-hybridized carbons (Fsp3) is 0.434. The van der Waals surface area contributed by atoms with E-state index in [1.165, 1.54) is 20.3 Å². The van der Waals surface area contributed by atoms with E-state index < -0.39 is 36.3 Å². The first-order valence-electron chi connectivity index (χ1n) is 24.6. The highest BCUT2D eigenvalue weighted by molar-refractivity contribution is 5.93. The smallest absolute Gasteiger partial charge is 0.407 e. The molecule has 0 spiro atoms. The second-order valence-electron chi connectivity index (χ2n) is 19.8. The lowest BCUT2D eigenvalue weighted by molar-refractivity contribution is -0.136. The standard InChI is InChI=1S/C53H60FN9O8/c1-27(2)45(59-52(66)68-6)49(64)61-17-8-10-39(61)47-55-25-36(57-47)30-13-15-38-33(20-30)22-41-44-35(54)21-32(24-43(44)71-51(63(38)41)31-12-14-34-29(5)16-19-70-42(34)23-31)37-26-56-48(58-37)40-11-9-18-62(40)50(65)46(28(3)4)60-53(67)69-7/h12-15,20-29,39-40,45-46,51H,8-11,16-19H2,1-7H3,(H,55,57)(H,56,58)(H,59,66)(H,60,67)/t29-,39+,40+,45+,46+,51?/m1/s1. The third kappa shape index (κ3) is 8.70. The van der Waals surface area contributed by atoms with Crippen molar-refractivity contribution in [1.82, 2.24) is 44.9 Å². The summed E-state index contributed by atoms with van der Waals surface area (Å²) in [5, 5.41) is 6.25. The van der Waals surface area contributed by atoms with Crippen molar-refractivity contribution in [1.29, 1.82) is 0 Å². The number of likely N-dealkylation sites (tertiary alicyclic amines) is 2. The molecule has 372 valence electrons. The number of aromatic nitrogens is 5. The molecular weight excluding hydrogens is 910 g/mol. The topological polar surface area (TPSA) is 198 Å². The van der Waals surface area contributed by atoms with Crippen LogP contribution in [0.4, 0.5) is 14.0 Å². The van der Waals surface area contributed by atoms with E-state index in [-0.39, 0.29) is 35.7 Å². The average Bonchev–Trinajstić information content (AvgIpc) is 4.23. The van der Waals surface area contributed by atoms with Crippen LogP contribution < -0.4 is 20.1 Å². The zero-order chi connectivity index (χ0) is 49.8. The third-order valence-corrected chi connectivity index (χ3v) is 14.6. The van der Waals surface area contributed by atoms with Gasteiger partial charge in [0.2, 0.25) is 18.0 Å². The molecule has 6 aromatic rings. The van der Waals surface area contributed by atoms with Crippen LogP contribution in [0.2, 0.25) is 0 Å². The minimum Gasteiger partial charge on any atom is -0.493 e. The summed E-state index contributed by atoms with van der Waals surface area (Å²) in [7, 11) is 2.54. The molecule has 4 aliphatic rings. The summed E-state index contributed by atoms with van der Waals surface area (Å²) in [5.74, 6) is 1.47. The van der Waals surface area contributed by atoms with Crippen molar-refractivity contribution in [3.8, 4) is 45.3 Å². The number of carbonyl (C=O) groups excluding carboxylic acids is 4. The number of nitrogens with zero attached hydrogens (tertiary/aromatic N) is 5. The largest absolute Gasteiger partial charge is 0.493 e. The molecule has 71 heavy (non-hydrogen) atoms. The molecule has 3 aromatic heterocycles. The molecule has 2 fully saturated rings. The van der Waals surface area contributed by atoms with Crippen molar-refractivity contribution in [3.05, 3.63) is 95.6 Å². The summed E-state index contributed by atoms with van der Waals surface area (Å²) in [4.78, 5) is 71.9. The van der Waals surface area contributed by atoms with Crippen LogP contribution in [-0.2, 0) is 19.1 Å². The van der Waals surface area contributed by atoms with Gasteiger partial charge in [-0.25, -0.2) is 23.9 Å². The Labute approximate surface area is 410 Å². The lowest BCUT2D eigenvalue weighted by atomic mass is 9.93. The van der Waals surface area contributed by atoms with Gasteiger partial charge in [0.25, 0.3) is 0 Å². The van der Waals surface area contributed by atoms with Crippen LogP contribution in [0.3, 0.4) is 0 Å². The second-order valence-corrected chi connectivity index (χ2v) is 19.8. The number of amides is 4. The molecule has 4 aliphatic heterocycles. The normalized spacial score (nSPS) is 20.2. The zero-order valence-corrected chi connectivity index (χ0v) is 41.0. The Hall–Kier alpha value is -7.37. The number of aromatic amines is 2. The van der Waals surface area contributed by atoms with Crippen molar-refractivity contribution in [3.63, 3.8) is 0 Å². The molecule has 17 nitrogen and oxygen atoms in total. The van der Waals surface area contributed by atoms with Crippen LogP contribution >= 0.6 is 0 Å². The molecule has 4 amide bonds. The lowest BCUT2D eigenvalue weighted by Gasteiger charge is -2.32. The van der Waals surface area contributed by atoms with Gasteiger partial charge in [0, 0.05) is 35.2 Å². The number of imidazole rings is 2. The molecule has 0 radical (unpaired) electrons. The number of halogens is 1. The Kier molecular flexibility index (Phi) is 12.7. The van der Waals surface area contributed by atoms with Crippen LogP contribution in [0.25, 0.3) is 44.7 Å². The van der Waals surface area contributed by atoms with Crippen LogP contribution in [0.5, 0.6) is 11.5 Å². The first kappa shape index (κ1) is 47.3. The first-order valence-corrected chi connectivity index (χ1v) is 24.6. The SMILES string of the molecule is COC(=O)N[C@H](C(=O)N1CCC[C@H]1c1ncc(-c2cc(F)c3c(c2)OC(c2ccc4c(c2)OCC[C@H]4C)n2c-3cc3cc(-c4cnc([C@@H]5CCCN5C(=O)[C@@H](NC(=O)OC)C(C)C)[nH]4)ccc32)[nH]1)C(C)C. The summed E-state index contributed by atoms with van der Waals surface area (Å²) in [6.07, 6.45) is 5.24.